The molecule has 3 rings (SSSR count). The largest absolute Gasteiger partial charge is 0.383 e. The van der Waals surface area contributed by atoms with E-state index < -0.39 is 0 Å². The summed E-state index contributed by atoms with van der Waals surface area (Å²) in [7, 11) is 0. The first-order chi connectivity index (χ1) is 6.81. The third-order valence-corrected chi connectivity index (χ3v) is 3.70. The Hall–Kier alpha value is -0.810. The normalized spacial score (nSPS) is 35.0. The molecule has 14 heavy (non-hydrogen) atoms. The fourth-order valence-electron chi connectivity index (χ4n) is 2.33. The highest BCUT2D eigenvalue weighted by molar-refractivity contribution is 7.10. The highest BCUT2D eigenvalue weighted by Gasteiger charge is 2.40. The van der Waals surface area contributed by atoms with Gasteiger partial charge in [-0.2, -0.15) is 4.37 Å². The second-order valence-electron chi connectivity index (χ2n) is 3.98. The Kier molecular flexibility index (Phi) is 1.88. The van der Waals surface area contributed by atoms with Crippen molar-refractivity contribution >= 4 is 22.4 Å². The zero-order chi connectivity index (χ0) is 9.54. The number of nitrogens with two attached hydrogens (primary N) is 1. The molecule has 3 unspecified atom stereocenters. The average Bonchev–Trinajstić information content (AvgIpc) is 2.82. The van der Waals surface area contributed by atoms with E-state index in [1.54, 1.807) is 0 Å². The van der Waals surface area contributed by atoms with E-state index in [-0.39, 0.29) is 0 Å². The summed E-state index contributed by atoms with van der Waals surface area (Å²) < 4.78 is 9.79. The van der Waals surface area contributed by atoms with Gasteiger partial charge in [-0.1, -0.05) is 0 Å². The van der Waals surface area contributed by atoms with Gasteiger partial charge in [0.05, 0.1) is 18.2 Å². The summed E-state index contributed by atoms with van der Waals surface area (Å²) in [4.78, 5) is 0. The second kappa shape index (κ2) is 3.10. The number of aromatic nitrogens is 1. The van der Waals surface area contributed by atoms with E-state index in [0.717, 1.165) is 11.4 Å². The molecule has 3 atom stereocenters. The van der Waals surface area contributed by atoms with Crippen LogP contribution in [0, 0.1) is 0 Å². The van der Waals surface area contributed by atoms with Crippen LogP contribution in [0.1, 0.15) is 19.3 Å². The average molecular weight is 211 g/mol. The number of anilines is 2. The SMILES string of the molecule is Nc1cc(NC2CC3CCC2O3)sn1. The lowest BCUT2D eigenvalue weighted by Crippen LogP contribution is -2.29. The van der Waals surface area contributed by atoms with Crippen molar-refractivity contribution in [3.8, 4) is 0 Å². The van der Waals surface area contributed by atoms with E-state index in [4.69, 9.17) is 10.5 Å². The van der Waals surface area contributed by atoms with Crippen LogP contribution in [0.25, 0.3) is 0 Å². The molecule has 1 aromatic heterocycles. The van der Waals surface area contributed by atoms with Crippen molar-refractivity contribution in [1.82, 2.24) is 4.37 Å². The molecule has 2 saturated heterocycles. The van der Waals surface area contributed by atoms with E-state index in [1.165, 1.54) is 24.4 Å². The maximum atomic E-state index is 5.75. The molecule has 0 aliphatic carbocycles. The molecule has 5 heteroatoms. The highest BCUT2D eigenvalue weighted by Crippen LogP contribution is 2.36. The van der Waals surface area contributed by atoms with Gasteiger partial charge in [0.2, 0.25) is 0 Å². The Morgan fingerprint density at radius 2 is 2.50 bits per heavy atom. The van der Waals surface area contributed by atoms with E-state index in [2.05, 4.69) is 9.69 Å². The molecule has 76 valence electrons. The van der Waals surface area contributed by atoms with Crippen LogP contribution in [-0.2, 0) is 4.74 Å². The number of hydrogen-bond donors (Lipinski definition) is 2. The maximum Gasteiger partial charge on any atom is 0.139 e. The monoisotopic (exact) mass is 211 g/mol. The van der Waals surface area contributed by atoms with Crippen molar-refractivity contribution in [3.05, 3.63) is 6.07 Å². The summed E-state index contributed by atoms with van der Waals surface area (Å²) in [6, 6.07) is 2.35. The molecule has 0 radical (unpaired) electrons. The Labute approximate surface area is 86.6 Å². The number of nitrogens with one attached hydrogen (secondary N) is 1. The topological polar surface area (TPSA) is 60.2 Å². The number of hydrogen-bond acceptors (Lipinski definition) is 5. The first-order valence-electron chi connectivity index (χ1n) is 4.95. The summed E-state index contributed by atoms with van der Waals surface area (Å²) in [5.41, 5.74) is 5.56. The van der Waals surface area contributed by atoms with Crippen molar-refractivity contribution in [2.75, 3.05) is 11.1 Å². The van der Waals surface area contributed by atoms with Crippen LogP contribution >= 0.6 is 11.5 Å². The molecule has 0 aromatic carbocycles. The summed E-state index contributed by atoms with van der Waals surface area (Å²) in [6.07, 6.45) is 4.44. The minimum atomic E-state index is 0.406. The van der Waals surface area contributed by atoms with Gasteiger partial charge in [0.25, 0.3) is 0 Å². The number of nitrogens with zero attached hydrogens (tertiary/aromatic N) is 1. The molecule has 2 aliphatic rings. The minimum Gasteiger partial charge on any atom is -0.383 e. The van der Waals surface area contributed by atoms with Crippen LogP contribution in [0.4, 0.5) is 10.8 Å². The Balaban J connectivity index is 1.68. The van der Waals surface area contributed by atoms with Crippen molar-refractivity contribution < 1.29 is 4.74 Å². The maximum absolute atomic E-state index is 5.75. The molecule has 2 bridgehead atoms. The van der Waals surface area contributed by atoms with Gasteiger partial charge >= 0.3 is 0 Å². The van der Waals surface area contributed by atoms with Gasteiger partial charge in [-0.05, 0) is 30.8 Å². The van der Waals surface area contributed by atoms with Gasteiger partial charge in [0.1, 0.15) is 10.8 Å². The van der Waals surface area contributed by atoms with Crippen LogP contribution in [0.15, 0.2) is 6.07 Å². The predicted octanol–water partition coefficient (Wildman–Crippen LogP) is 1.46. The van der Waals surface area contributed by atoms with Crippen molar-refractivity contribution in [1.29, 1.82) is 0 Å². The Morgan fingerprint density at radius 1 is 1.57 bits per heavy atom. The van der Waals surface area contributed by atoms with Crippen LogP contribution in [0.2, 0.25) is 0 Å². The lowest BCUT2D eigenvalue weighted by atomic mass is 9.96. The third kappa shape index (κ3) is 1.36. The molecule has 3 heterocycles. The smallest absolute Gasteiger partial charge is 0.139 e. The summed E-state index contributed by atoms with van der Waals surface area (Å²) in [6.45, 7) is 0. The van der Waals surface area contributed by atoms with Crippen molar-refractivity contribution in [2.45, 2.75) is 37.5 Å². The highest BCUT2D eigenvalue weighted by atomic mass is 32.1. The zero-order valence-corrected chi connectivity index (χ0v) is 8.59. The molecular formula is C9H13N3OS. The zero-order valence-electron chi connectivity index (χ0n) is 7.77. The van der Waals surface area contributed by atoms with Crippen LogP contribution in [0.5, 0.6) is 0 Å². The molecule has 0 amide bonds. The fraction of sp³-hybridized carbons (Fsp3) is 0.667. The van der Waals surface area contributed by atoms with Crippen molar-refractivity contribution in [2.24, 2.45) is 0 Å². The molecule has 3 N–H and O–H groups in total. The Bertz CT molecular complexity index is 341. The minimum absolute atomic E-state index is 0.406. The Morgan fingerprint density at radius 3 is 3.07 bits per heavy atom. The number of nitrogen functional groups attached to an aromatic ring is 1. The van der Waals surface area contributed by atoms with E-state index in [1.807, 2.05) is 6.07 Å². The quantitative estimate of drug-likeness (QED) is 0.777. The lowest BCUT2D eigenvalue weighted by molar-refractivity contribution is 0.102. The number of rotatable bonds is 2. The molecular weight excluding hydrogens is 198 g/mol. The summed E-state index contributed by atoms with van der Waals surface area (Å²) in [5.74, 6) is 0.599. The van der Waals surface area contributed by atoms with Crippen LogP contribution in [-0.4, -0.2) is 22.6 Å². The lowest BCUT2D eigenvalue weighted by Gasteiger charge is -2.19. The molecule has 0 saturated carbocycles. The van der Waals surface area contributed by atoms with Gasteiger partial charge in [0.15, 0.2) is 0 Å². The number of ether oxygens (including phenoxy) is 1. The summed E-state index contributed by atoms with van der Waals surface area (Å²) >= 11 is 1.42. The molecule has 0 spiro atoms. The first-order valence-corrected chi connectivity index (χ1v) is 5.73. The van der Waals surface area contributed by atoms with Gasteiger partial charge in [-0.15, -0.1) is 0 Å². The second-order valence-corrected chi connectivity index (χ2v) is 4.78. The molecule has 2 aliphatic heterocycles. The van der Waals surface area contributed by atoms with Gasteiger partial charge in [-0.25, -0.2) is 0 Å². The summed E-state index contributed by atoms with van der Waals surface area (Å²) in [5, 5.41) is 4.50. The van der Waals surface area contributed by atoms with Gasteiger partial charge < -0.3 is 15.8 Å². The van der Waals surface area contributed by atoms with Gasteiger partial charge in [-0.3, -0.25) is 0 Å². The van der Waals surface area contributed by atoms with E-state index in [9.17, 15) is 0 Å². The van der Waals surface area contributed by atoms with E-state index in [0.29, 0.717) is 24.1 Å². The van der Waals surface area contributed by atoms with Crippen LogP contribution < -0.4 is 11.1 Å². The van der Waals surface area contributed by atoms with Crippen LogP contribution in [0.3, 0.4) is 0 Å². The van der Waals surface area contributed by atoms with Crippen molar-refractivity contribution in [3.63, 3.8) is 0 Å². The third-order valence-electron chi connectivity index (χ3n) is 2.96. The predicted molar refractivity (Wildman–Crippen MR) is 56.4 cm³/mol. The standard InChI is InChI=1S/C9H13N3OS/c10-8-4-9(14-12-8)11-6-3-5-1-2-7(6)13-5/h4-7,11H,1-3H2,(H2,10,12). The molecule has 4 nitrogen and oxygen atoms in total. The number of fused-ring (bicyclic) bond motifs is 2. The fourth-order valence-corrected chi connectivity index (χ4v) is 2.96. The van der Waals surface area contributed by atoms with E-state index >= 15 is 0 Å². The van der Waals surface area contributed by atoms with Gasteiger partial charge in [0, 0.05) is 6.07 Å². The molecule has 2 fully saturated rings. The first kappa shape index (κ1) is 8.49. The molecule has 1 aromatic rings.